The molecule has 1 unspecified atom stereocenters. The normalized spacial score (nSPS) is 16.1. The Morgan fingerprint density at radius 3 is 2.60 bits per heavy atom. The predicted octanol–water partition coefficient (Wildman–Crippen LogP) is 5.18. The van der Waals surface area contributed by atoms with Gasteiger partial charge in [-0.25, -0.2) is 0 Å². The van der Waals surface area contributed by atoms with Crippen LogP contribution in [-0.4, -0.2) is 0 Å². The molecular formula is C18H20BrN. The lowest BCUT2D eigenvalue weighted by molar-refractivity contribution is 0.574. The highest BCUT2D eigenvalue weighted by atomic mass is 79.9. The van der Waals surface area contributed by atoms with Crippen LogP contribution in [0.1, 0.15) is 48.4 Å². The van der Waals surface area contributed by atoms with Crippen LogP contribution in [0.5, 0.6) is 0 Å². The van der Waals surface area contributed by atoms with Gasteiger partial charge in [0.25, 0.3) is 0 Å². The van der Waals surface area contributed by atoms with Crippen molar-refractivity contribution in [1.29, 1.82) is 0 Å². The Kier molecular flexibility index (Phi) is 4.23. The van der Waals surface area contributed by atoms with Gasteiger partial charge >= 0.3 is 0 Å². The van der Waals surface area contributed by atoms with Gasteiger partial charge in [-0.1, -0.05) is 52.3 Å². The van der Waals surface area contributed by atoms with Gasteiger partial charge < -0.3 is 5.32 Å². The zero-order valence-electron chi connectivity index (χ0n) is 11.8. The van der Waals surface area contributed by atoms with E-state index in [1.165, 1.54) is 29.5 Å². The van der Waals surface area contributed by atoms with Crippen LogP contribution in [0, 0.1) is 0 Å². The molecule has 1 nitrogen and oxygen atoms in total. The Labute approximate surface area is 129 Å². The van der Waals surface area contributed by atoms with Crippen LogP contribution in [0.25, 0.3) is 0 Å². The third kappa shape index (κ3) is 3.50. The molecule has 1 saturated carbocycles. The molecule has 20 heavy (non-hydrogen) atoms. The Morgan fingerprint density at radius 1 is 1.15 bits per heavy atom. The SMILES string of the molecule is CC(NCc1cccc(C2CC2)c1)c1ccc(Br)cc1. The minimum atomic E-state index is 0.368. The first-order valence-electron chi connectivity index (χ1n) is 7.30. The van der Waals surface area contributed by atoms with Crippen LogP contribution >= 0.6 is 15.9 Å². The number of benzene rings is 2. The highest BCUT2D eigenvalue weighted by Crippen LogP contribution is 2.40. The van der Waals surface area contributed by atoms with Crippen molar-refractivity contribution in [2.24, 2.45) is 0 Å². The number of nitrogens with one attached hydrogen (secondary N) is 1. The third-order valence-corrected chi connectivity index (χ3v) is 4.51. The molecular weight excluding hydrogens is 310 g/mol. The first kappa shape index (κ1) is 13.8. The second kappa shape index (κ2) is 6.11. The average Bonchev–Trinajstić information content (AvgIpc) is 3.30. The van der Waals surface area contributed by atoms with E-state index in [9.17, 15) is 0 Å². The van der Waals surface area contributed by atoms with Crippen molar-refractivity contribution in [2.75, 3.05) is 0 Å². The standard InChI is InChI=1S/C18H20BrN/c1-13(15-7-9-18(19)10-8-15)20-12-14-3-2-4-17(11-14)16-5-6-16/h2-4,7-11,13,16,20H,5-6,12H2,1H3. The van der Waals surface area contributed by atoms with Gasteiger partial charge in [0.15, 0.2) is 0 Å². The zero-order valence-corrected chi connectivity index (χ0v) is 13.4. The summed E-state index contributed by atoms with van der Waals surface area (Å²) in [5, 5.41) is 3.61. The fraction of sp³-hybridized carbons (Fsp3) is 0.333. The number of rotatable bonds is 5. The molecule has 0 aromatic heterocycles. The van der Waals surface area contributed by atoms with Gasteiger partial charge in [-0.05, 0) is 54.5 Å². The van der Waals surface area contributed by atoms with Crippen LogP contribution in [0.4, 0.5) is 0 Å². The molecule has 0 spiro atoms. The molecule has 1 fully saturated rings. The molecule has 0 radical (unpaired) electrons. The lowest BCUT2D eigenvalue weighted by atomic mass is 10.1. The highest BCUT2D eigenvalue weighted by Gasteiger charge is 2.23. The lowest BCUT2D eigenvalue weighted by Crippen LogP contribution is -2.18. The van der Waals surface area contributed by atoms with Crippen LogP contribution in [-0.2, 0) is 6.54 Å². The summed E-state index contributed by atoms with van der Waals surface area (Å²) in [5.74, 6) is 0.832. The van der Waals surface area contributed by atoms with Gasteiger partial charge in [0.05, 0.1) is 0 Å². The minimum absolute atomic E-state index is 0.368. The zero-order chi connectivity index (χ0) is 13.9. The maximum Gasteiger partial charge on any atom is 0.0294 e. The molecule has 2 heteroatoms. The maximum absolute atomic E-state index is 3.61. The van der Waals surface area contributed by atoms with Crippen molar-refractivity contribution in [1.82, 2.24) is 5.32 Å². The second-order valence-electron chi connectivity index (χ2n) is 5.67. The Bertz CT molecular complexity index is 572. The number of hydrogen-bond acceptors (Lipinski definition) is 1. The van der Waals surface area contributed by atoms with Crippen molar-refractivity contribution in [3.05, 3.63) is 69.7 Å². The molecule has 3 rings (SSSR count). The molecule has 0 saturated heterocycles. The summed E-state index contributed by atoms with van der Waals surface area (Å²) in [5.41, 5.74) is 4.23. The Morgan fingerprint density at radius 2 is 1.90 bits per heavy atom. The molecule has 0 amide bonds. The molecule has 2 aromatic rings. The van der Waals surface area contributed by atoms with Crippen molar-refractivity contribution in [2.45, 2.75) is 38.3 Å². The first-order valence-corrected chi connectivity index (χ1v) is 8.09. The van der Waals surface area contributed by atoms with Crippen molar-refractivity contribution in [3.8, 4) is 0 Å². The van der Waals surface area contributed by atoms with Crippen molar-refractivity contribution < 1.29 is 0 Å². The largest absolute Gasteiger partial charge is 0.306 e. The molecule has 104 valence electrons. The molecule has 1 aliphatic carbocycles. The quantitative estimate of drug-likeness (QED) is 0.797. The van der Waals surface area contributed by atoms with Crippen molar-refractivity contribution in [3.63, 3.8) is 0 Å². The van der Waals surface area contributed by atoms with Gasteiger partial charge in [0.2, 0.25) is 0 Å². The summed E-state index contributed by atoms with van der Waals surface area (Å²) in [6, 6.07) is 17.9. The van der Waals surface area contributed by atoms with Gasteiger partial charge in [0.1, 0.15) is 0 Å². The van der Waals surface area contributed by atoms with E-state index >= 15 is 0 Å². The topological polar surface area (TPSA) is 12.0 Å². The van der Waals surface area contributed by atoms with E-state index in [0.717, 1.165) is 16.9 Å². The van der Waals surface area contributed by atoms with Crippen LogP contribution < -0.4 is 5.32 Å². The molecule has 0 aliphatic heterocycles. The molecule has 2 aromatic carbocycles. The van der Waals surface area contributed by atoms with E-state index in [-0.39, 0.29) is 0 Å². The smallest absolute Gasteiger partial charge is 0.0294 e. The fourth-order valence-corrected chi connectivity index (χ4v) is 2.78. The molecule has 1 aliphatic rings. The summed E-state index contributed by atoms with van der Waals surface area (Å²) in [6.07, 6.45) is 2.73. The summed E-state index contributed by atoms with van der Waals surface area (Å²) in [4.78, 5) is 0. The third-order valence-electron chi connectivity index (χ3n) is 3.98. The first-order chi connectivity index (χ1) is 9.72. The number of hydrogen-bond donors (Lipinski definition) is 1. The van der Waals surface area contributed by atoms with E-state index in [4.69, 9.17) is 0 Å². The Hall–Kier alpha value is -1.12. The van der Waals surface area contributed by atoms with Crippen molar-refractivity contribution >= 4 is 15.9 Å². The van der Waals surface area contributed by atoms with E-state index in [1.807, 2.05) is 0 Å². The summed E-state index contributed by atoms with van der Waals surface area (Å²) >= 11 is 3.48. The van der Waals surface area contributed by atoms with Gasteiger partial charge in [0, 0.05) is 17.1 Å². The molecule has 1 N–H and O–H groups in total. The predicted molar refractivity (Wildman–Crippen MR) is 87.8 cm³/mol. The van der Waals surface area contributed by atoms with E-state index < -0.39 is 0 Å². The molecule has 0 heterocycles. The Balaban J connectivity index is 1.61. The average molecular weight is 330 g/mol. The molecule has 1 atom stereocenters. The van der Waals surface area contributed by atoms with E-state index in [2.05, 4.69) is 76.7 Å². The summed E-state index contributed by atoms with van der Waals surface area (Å²) in [6.45, 7) is 3.14. The lowest BCUT2D eigenvalue weighted by Gasteiger charge is -2.15. The number of halogens is 1. The minimum Gasteiger partial charge on any atom is -0.306 e. The van der Waals surface area contributed by atoms with Crippen LogP contribution in [0.2, 0.25) is 0 Å². The maximum atomic E-state index is 3.61. The van der Waals surface area contributed by atoms with E-state index in [1.54, 1.807) is 0 Å². The fourth-order valence-electron chi connectivity index (χ4n) is 2.51. The van der Waals surface area contributed by atoms with Gasteiger partial charge in [-0.2, -0.15) is 0 Å². The van der Waals surface area contributed by atoms with Gasteiger partial charge in [-0.3, -0.25) is 0 Å². The second-order valence-corrected chi connectivity index (χ2v) is 6.59. The van der Waals surface area contributed by atoms with E-state index in [0.29, 0.717) is 6.04 Å². The summed E-state index contributed by atoms with van der Waals surface area (Å²) < 4.78 is 1.13. The summed E-state index contributed by atoms with van der Waals surface area (Å²) in [7, 11) is 0. The van der Waals surface area contributed by atoms with Gasteiger partial charge in [-0.15, -0.1) is 0 Å². The molecule has 0 bridgehead atoms. The van der Waals surface area contributed by atoms with Crippen LogP contribution in [0.3, 0.4) is 0 Å². The highest BCUT2D eigenvalue weighted by molar-refractivity contribution is 9.10. The van der Waals surface area contributed by atoms with Crippen LogP contribution in [0.15, 0.2) is 53.0 Å². The monoisotopic (exact) mass is 329 g/mol.